The molecule has 0 aliphatic heterocycles. The highest BCUT2D eigenvalue weighted by atomic mass is 79.9. The van der Waals surface area contributed by atoms with E-state index in [0.717, 1.165) is 5.56 Å². The van der Waals surface area contributed by atoms with Crippen molar-refractivity contribution in [1.29, 1.82) is 0 Å². The lowest BCUT2D eigenvalue weighted by atomic mass is 10.3. The van der Waals surface area contributed by atoms with Crippen LogP contribution in [0.2, 0.25) is 0 Å². The fourth-order valence-electron chi connectivity index (χ4n) is 1.19. The van der Waals surface area contributed by atoms with Gasteiger partial charge in [0.05, 0.1) is 6.20 Å². The van der Waals surface area contributed by atoms with Gasteiger partial charge in [-0.2, -0.15) is 5.10 Å². The minimum atomic E-state index is -0.251. The lowest BCUT2D eigenvalue weighted by molar-refractivity contribution is 0.628. The molecule has 0 N–H and O–H groups in total. The molecule has 4 heteroatoms. The van der Waals surface area contributed by atoms with Gasteiger partial charge < -0.3 is 0 Å². The van der Waals surface area contributed by atoms with Crippen LogP contribution in [0.1, 0.15) is 5.56 Å². The van der Waals surface area contributed by atoms with E-state index in [1.807, 2.05) is 6.92 Å². The van der Waals surface area contributed by atoms with E-state index >= 15 is 0 Å². The Kier molecular flexibility index (Phi) is 1.65. The van der Waals surface area contributed by atoms with E-state index in [9.17, 15) is 4.39 Å². The number of nitrogens with zero attached hydrogens (tertiary/aromatic N) is 2. The second-order valence-corrected chi connectivity index (χ2v) is 3.54. The van der Waals surface area contributed by atoms with Gasteiger partial charge in [0, 0.05) is 10.7 Å². The number of aryl methyl sites for hydroxylation is 1. The Hall–Kier alpha value is -0.900. The Morgan fingerprint density at radius 2 is 2.33 bits per heavy atom. The smallest absolute Gasteiger partial charge is 0.150 e. The minimum absolute atomic E-state index is 0.251. The lowest BCUT2D eigenvalue weighted by Crippen LogP contribution is -1.90. The van der Waals surface area contributed by atoms with Crippen molar-refractivity contribution in [3.05, 3.63) is 34.3 Å². The number of halogens is 2. The highest BCUT2D eigenvalue weighted by Gasteiger charge is 2.06. The molecular formula is C8H6BrFN2. The Balaban J connectivity index is 2.93. The van der Waals surface area contributed by atoms with Gasteiger partial charge in [-0.25, -0.2) is 8.91 Å². The molecule has 0 saturated heterocycles. The topological polar surface area (TPSA) is 17.3 Å². The molecule has 0 atom stereocenters. The molecule has 0 fully saturated rings. The van der Waals surface area contributed by atoms with Gasteiger partial charge >= 0.3 is 0 Å². The van der Waals surface area contributed by atoms with E-state index in [0.29, 0.717) is 9.99 Å². The van der Waals surface area contributed by atoms with E-state index in [1.165, 1.54) is 10.6 Å². The summed E-state index contributed by atoms with van der Waals surface area (Å²) in [6.45, 7) is 1.83. The molecule has 0 bridgehead atoms. The molecule has 2 heterocycles. The van der Waals surface area contributed by atoms with E-state index in [1.54, 1.807) is 12.4 Å². The Bertz CT molecular complexity index is 436. The molecule has 0 aliphatic carbocycles. The van der Waals surface area contributed by atoms with Crippen LogP contribution in [0.5, 0.6) is 0 Å². The summed E-state index contributed by atoms with van der Waals surface area (Å²) in [6.07, 6.45) is 3.37. The third kappa shape index (κ3) is 1.03. The van der Waals surface area contributed by atoms with Gasteiger partial charge in [0.15, 0.2) is 0 Å². The molecule has 12 heavy (non-hydrogen) atoms. The molecule has 2 aromatic rings. The summed E-state index contributed by atoms with van der Waals surface area (Å²) < 4.78 is 15.5. The first-order valence-electron chi connectivity index (χ1n) is 3.47. The molecule has 62 valence electrons. The van der Waals surface area contributed by atoms with Crippen LogP contribution in [0, 0.1) is 12.7 Å². The fourth-order valence-corrected chi connectivity index (χ4v) is 1.58. The predicted molar refractivity (Wildman–Crippen MR) is 47.6 cm³/mol. The normalized spacial score (nSPS) is 10.9. The fraction of sp³-hybridized carbons (Fsp3) is 0.125. The van der Waals surface area contributed by atoms with Gasteiger partial charge in [0.25, 0.3) is 0 Å². The molecular weight excluding hydrogens is 223 g/mol. The van der Waals surface area contributed by atoms with E-state index in [-0.39, 0.29) is 5.82 Å². The summed E-state index contributed by atoms with van der Waals surface area (Å²) >= 11 is 3.19. The SMILES string of the molecule is Cc1cnn2cc(Br)cc(F)c12. The summed E-state index contributed by atoms with van der Waals surface area (Å²) in [5.74, 6) is -0.251. The Morgan fingerprint density at radius 1 is 1.58 bits per heavy atom. The van der Waals surface area contributed by atoms with Gasteiger partial charge in [0.1, 0.15) is 11.3 Å². The first-order valence-corrected chi connectivity index (χ1v) is 4.27. The van der Waals surface area contributed by atoms with Crippen molar-refractivity contribution in [3.8, 4) is 0 Å². The average Bonchev–Trinajstić information content (AvgIpc) is 2.31. The average molecular weight is 229 g/mol. The zero-order chi connectivity index (χ0) is 8.72. The van der Waals surface area contributed by atoms with Crippen molar-refractivity contribution in [2.75, 3.05) is 0 Å². The van der Waals surface area contributed by atoms with Crippen LogP contribution in [0.4, 0.5) is 4.39 Å². The largest absolute Gasteiger partial charge is 0.237 e. The highest BCUT2D eigenvalue weighted by molar-refractivity contribution is 9.10. The Morgan fingerprint density at radius 3 is 3.08 bits per heavy atom. The van der Waals surface area contributed by atoms with Gasteiger partial charge in [0.2, 0.25) is 0 Å². The first kappa shape index (κ1) is 7.73. The van der Waals surface area contributed by atoms with Crippen LogP contribution in [-0.2, 0) is 0 Å². The number of aromatic nitrogens is 2. The number of hydrogen-bond acceptors (Lipinski definition) is 1. The molecule has 0 amide bonds. The van der Waals surface area contributed by atoms with E-state index in [2.05, 4.69) is 21.0 Å². The predicted octanol–water partition coefficient (Wildman–Crippen LogP) is 2.54. The van der Waals surface area contributed by atoms with Crippen LogP contribution in [-0.4, -0.2) is 9.61 Å². The van der Waals surface area contributed by atoms with Crippen LogP contribution in [0.15, 0.2) is 22.9 Å². The quantitative estimate of drug-likeness (QED) is 0.678. The zero-order valence-electron chi connectivity index (χ0n) is 6.38. The number of hydrogen-bond donors (Lipinski definition) is 0. The lowest BCUT2D eigenvalue weighted by Gasteiger charge is -1.96. The third-order valence-corrected chi connectivity index (χ3v) is 2.15. The first-order chi connectivity index (χ1) is 5.68. The van der Waals surface area contributed by atoms with Gasteiger partial charge in [-0.15, -0.1) is 0 Å². The van der Waals surface area contributed by atoms with Gasteiger partial charge in [-0.1, -0.05) is 0 Å². The van der Waals surface area contributed by atoms with Crippen LogP contribution < -0.4 is 0 Å². The molecule has 2 aromatic heterocycles. The molecule has 0 radical (unpaired) electrons. The zero-order valence-corrected chi connectivity index (χ0v) is 7.97. The van der Waals surface area contributed by atoms with Crippen molar-refractivity contribution in [1.82, 2.24) is 9.61 Å². The molecule has 0 saturated carbocycles. The molecule has 0 aromatic carbocycles. The highest BCUT2D eigenvalue weighted by Crippen LogP contribution is 2.18. The second kappa shape index (κ2) is 2.55. The van der Waals surface area contributed by atoms with Crippen molar-refractivity contribution in [2.24, 2.45) is 0 Å². The van der Waals surface area contributed by atoms with Crippen LogP contribution in [0.3, 0.4) is 0 Å². The number of fused-ring (bicyclic) bond motifs is 1. The molecule has 2 nitrogen and oxygen atoms in total. The van der Waals surface area contributed by atoms with Crippen molar-refractivity contribution < 1.29 is 4.39 Å². The van der Waals surface area contributed by atoms with Crippen molar-refractivity contribution in [3.63, 3.8) is 0 Å². The monoisotopic (exact) mass is 228 g/mol. The second-order valence-electron chi connectivity index (χ2n) is 2.63. The summed E-state index contributed by atoms with van der Waals surface area (Å²) in [5, 5.41) is 3.99. The van der Waals surface area contributed by atoms with Crippen LogP contribution >= 0.6 is 15.9 Å². The van der Waals surface area contributed by atoms with Crippen molar-refractivity contribution in [2.45, 2.75) is 6.92 Å². The number of pyridine rings is 1. The molecule has 0 spiro atoms. The van der Waals surface area contributed by atoms with Crippen molar-refractivity contribution >= 4 is 21.4 Å². The van der Waals surface area contributed by atoms with E-state index < -0.39 is 0 Å². The van der Waals surface area contributed by atoms with Gasteiger partial charge in [-0.05, 0) is 34.5 Å². The molecule has 0 unspecified atom stereocenters. The maximum Gasteiger partial charge on any atom is 0.150 e. The molecule has 0 aliphatic rings. The maximum atomic E-state index is 13.3. The summed E-state index contributed by atoms with van der Waals surface area (Å²) in [6, 6.07) is 1.43. The molecule has 2 rings (SSSR count). The summed E-state index contributed by atoms with van der Waals surface area (Å²) in [4.78, 5) is 0. The maximum absolute atomic E-state index is 13.3. The van der Waals surface area contributed by atoms with Crippen LogP contribution in [0.25, 0.3) is 5.52 Å². The summed E-state index contributed by atoms with van der Waals surface area (Å²) in [7, 11) is 0. The van der Waals surface area contributed by atoms with Gasteiger partial charge in [-0.3, -0.25) is 0 Å². The van der Waals surface area contributed by atoms with E-state index in [4.69, 9.17) is 0 Å². The standard InChI is InChI=1S/C8H6BrFN2/c1-5-3-11-12-4-6(9)2-7(10)8(5)12/h2-4H,1H3. The Labute approximate surface area is 77.1 Å². The summed E-state index contributed by atoms with van der Waals surface area (Å²) in [5.41, 5.74) is 1.39. The number of rotatable bonds is 0. The third-order valence-electron chi connectivity index (χ3n) is 1.71. The minimum Gasteiger partial charge on any atom is -0.237 e.